The number of benzene rings is 1. The van der Waals surface area contributed by atoms with Crippen LogP contribution in [0.5, 0.6) is 0 Å². The van der Waals surface area contributed by atoms with Gasteiger partial charge >= 0.3 is 0 Å². The topological polar surface area (TPSA) is 58.2 Å². The minimum absolute atomic E-state index is 0.404. The molecule has 0 spiro atoms. The van der Waals surface area contributed by atoms with Gasteiger partial charge in [0, 0.05) is 6.54 Å². The lowest BCUT2D eigenvalue weighted by molar-refractivity contribution is 0.372. The van der Waals surface area contributed by atoms with Gasteiger partial charge in [0.15, 0.2) is 0 Å². The highest BCUT2D eigenvalue weighted by Crippen LogP contribution is 2.19. The molecule has 1 aliphatic rings. The van der Waals surface area contributed by atoms with E-state index in [9.17, 15) is 8.42 Å². The molecule has 2 rings (SSSR count). The fourth-order valence-corrected chi connectivity index (χ4v) is 3.84. The van der Waals surface area contributed by atoms with E-state index < -0.39 is 10.0 Å². The monoisotopic (exact) mass is 282 g/mol. The summed E-state index contributed by atoms with van der Waals surface area (Å²) in [6, 6.07) is 5.40. The molecule has 2 N–H and O–H groups in total. The lowest BCUT2D eigenvalue weighted by Crippen LogP contribution is -2.36. The first-order valence-corrected chi connectivity index (χ1v) is 8.25. The van der Waals surface area contributed by atoms with Crippen molar-refractivity contribution in [2.24, 2.45) is 5.92 Å². The Hall–Kier alpha value is -0.910. The van der Waals surface area contributed by atoms with Crippen molar-refractivity contribution in [2.45, 2.75) is 31.6 Å². The van der Waals surface area contributed by atoms with Crippen LogP contribution in [0.2, 0.25) is 0 Å². The van der Waals surface area contributed by atoms with Crippen molar-refractivity contribution in [1.29, 1.82) is 0 Å². The van der Waals surface area contributed by atoms with E-state index in [0.717, 1.165) is 37.1 Å². The summed E-state index contributed by atoms with van der Waals surface area (Å²) < 4.78 is 27.4. The van der Waals surface area contributed by atoms with Crippen molar-refractivity contribution >= 4 is 10.0 Å². The molecule has 1 aromatic carbocycles. The highest BCUT2D eigenvalue weighted by molar-refractivity contribution is 7.89. The Labute approximate surface area is 115 Å². The van der Waals surface area contributed by atoms with Crippen LogP contribution in [-0.2, 0) is 10.0 Å². The Balaban J connectivity index is 2.07. The Morgan fingerprint density at radius 1 is 1.26 bits per heavy atom. The van der Waals surface area contributed by atoms with Gasteiger partial charge in [0.2, 0.25) is 10.0 Å². The SMILES string of the molecule is Cc1cccc(S(=O)(=O)NCC2CCNCC2)c1C. The molecule has 0 bridgehead atoms. The number of sulfonamides is 1. The summed E-state index contributed by atoms with van der Waals surface area (Å²) in [5.41, 5.74) is 1.84. The predicted molar refractivity (Wildman–Crippen MR) is 76.7 cm³/mol. The van der Waals surface area contributed by atoms with Crippen LogP contribution in [0.1, 0.15) is 24.0 Å². The number of hydrogen-bond acceptors (Lipinski definition) is 3. The Kier molecular flexibility index (Phi) is 4.60. The van der Waals surface area contributed by atoms with Crippen molar-refractivity contribution in [3.63, 3.8) is 0 Å². The lowest BCUT2D eigenvalue weighted by Gasteiger charge is -2.23. The molecular weight excluding hydrogens is 260 g/mol. The van der Waals surface area contributed by atoms with Crippen molar-refractivity contribution < 1.29 is 8.42 Å². The molecular formula is C14H22N2O2S. The molecule has 4 nitrogen and oxygen atoms in total. The molecule has 1 aromatic rings. The summed E-state index contributed by atoms with van der Waals surface area (Å²) in [4.78, 5) is 0.404. The van der Waals surface area contributed by atoms with Crippen LogP contribution in [0.25, 0.3) is 0 Å². The predicted octanol–water partition coefficient (Wildman–Crippen LogP) is 1.58. The fraction of sp³-hybridized carbons (Fsp3) is 0.571. The summed E-state index contributed by atoms with van der Waals surface area (Å²) in [6.45, 7) is 6.29. The molecule has 19 heavy (non-hydrogen) atoms. The van der Waals surface area contributed by atoms with E-state index in [-0.39, 0.29) is 0 Å². The number of hydrogen-bond donors (Lipinski definition) is 2. The maximum absolute atomic E-state index is 12.3. The summed E-state index contributed by atoms with van der Waals surface area (Å²) in [5, 5.41) is 3.28. The zero-order valence-corrected chi connectivity index (χ0v) is 12.4. The smallest absolute Gasteiger partial charge is 0.240 e. The van der Waals surface area contributed by atoms with Gasteiger partial charge in [0.05, 0.1) is 4.90 Å². The van der Waals surface area contributed by atoms with Gasteiger partial charge < -0.3 is 5.32 Å². The molecule has 1 heterocycles. The minimum Gasteiger partial charge on any atom is -0.317 e. The van der Waals surface area contributed by atoms with E-state index in [1.54, 1.807) is 12.1 Å². The molecule has 0 radical (unpaired) electrons. The standard InChI is InChI=1S/C14H22N2O2S/c1-11-4-3-5-14(12(11)2)19(17,18)16-10-13-6-8-15-9-7-13/h3-5,13,15-16H,6-10H2,1-2H3. The van der Waals surface area contributed by atoms with Gasteiger partial charge in [-0.25, -0.2) is 13.1 Å². The summed E-state index contributed by atoms with van der Waals surface area (Å²) in [7, 11) is -3.38. The van der Waals surface area contributed by atoms with Crippen molar-refractivity contribution in [1.82, 2.24) is 10.0 Å². The highest BCUT2D eigenvalue weighted by atomic mass is 32.2. The Bertz CT molecular complexity index is 534. The third kappa shape index (κ3) is 3.55. The third-order valence-electron chi connectivity index (χ3n) is 3.87. The Morgan fingerprint density at radius 2 is 1.95 bits per heavy atom. The molecule has 0 aromatic heterocycles. The van der Waals surface area contributed by atoms with Crippen LogP contribution < -0.4 is 10.0 Å². The normalized spacial score (nSPS) is 17.6. The van der Waals surface area contributed by atoms with Crippen LogP contribution >= 0.6 is 0 Å². The quantitative estimate of drug-likeness (QED) is 0.881. The van der Waals surface area contributed by atoms with Crippen LogP contribution in [0.4, 0.5) is 0 Å². The van der Waals surface area contributed by atoms with E-state index in [1.807, 2.05) is 19.9 Å². The molecule has 0 aliphatic carbocycles. The average molecular weight is 282 g/mol. The van der Waals surface area contributed by atoms with E-state index in [0.29, 0.717) is 17.4 Å². The van der Waals surface area contributed by atoms with Gasteiger partial charge in [-0.1, -0.05) is 12.1 Å². The van der Waals surface area contributed by atoms with Gasteiger partial charge in [-0.3, -0.25) is 0 Å². The molecule has 0 saturated carbocycles. The van der Waals surface area contributed by atoms with Crippen LogP contribution in [0, 0.1) is 19.8 Å². The molecule has 0 atom stereocenters. The van der Waals surface area contributed by atoms with Crippen molar-refractivity contribution in [3.05, 3.63) is 29.3 Å². The molecule has 1 fully saturated rings. The highest BCUT2D eigenvalue weighted by Gasteiger charge is 2.20. The van der Waals surface area contributed by atoms with Gasteiger partial charge in [0.25, 0.3) is 0 Å². The summed E-state index contributed by atoms with van der Waals surface area (Å²) >= 11 is 0. The molecule has 1 aliphatic heterocycles. The van der Waals surface area contributed by atoms with Gasteiger partial charge in [-0.2, -0.15) is 0 Å². The second kappa shape index (κ2) is 6.03. The second-order valence-electron chi connectivity index (χ2n) is 5.24. The number of rotatable bonds is 4. The average Bonchev–Trinajstić information content (AvgIpc) is 2.41. The largest absolute Gasteiger partial charge is 0.317 e. The van der Waals surface area contributed by atoms with E-state index in [4.69, 9.17) is 0 Å². The molecule has 106 valence electrons. The molecule has 0 amide bonds. The summed E-state index contributed by atoms with van der Waals surface area (Å²) in [6.07, 6.45) is 2.07. The van der Waals surface area contributed by atoms with E-state index >= 15 is 0 Å². The van der Waals surface area contributed by atoms with Gasteiger partial charge in [-0.05, 0) is 62.9 Å². The number of piperidine rings is 1. The second-order valence-corrected chi connectivity index (χ2v) is 6.98. The van der Waals surface area contributed by atoms with Crippen LogP contribution in [0.15, 0.2) is 23.1 Å². The number of nitrogens with one attached hydrogen (secondary N) is 2. The zero-order chi connectivity index (χ0) is 13.9. The van der Waals surface area contributed by atoms with Crippen molar-refractivity contribution in [2.75, 3.05) is 19.6 Å². The fourth-order valence-electron chi connectivity index (χ4n) is 2.41. The maximum Gasteiger partial charge on any atom is 0.240 e. The van der Waals surface area contributed by atoms with Crippen LogP contribution in [-0.4, -0.2) is 28.1 Å². The summed E-state index contributed by atoms with van der Waals surface area (Å²) in [5.74, 6) is 0.446. The van der Waals surface area contributed by atoms with Gasteiger partial charge in [-0.15, -0.1) is 0 Å². The van der Waals surface area contributed by atoms with Crippen molar-refractivity contribution in [3.8, 4) is 0 Å². The third-order valence-corrected chi connectivity index (χ3v) is 5.43. The number of aryl methyl sites for hydroxylation is 1. The zero-order valence-electron chi connectivity index (χ0n) is 11.6. The van der Waals surface area contributed by atoms with Crippen LogP contribution in [0.3, 0.4) is 0 Å². The molecule has 1 saturated heterocycles. The van der Waals surface area contributed by atoms with Gasteiger partial charge in [0.1, 0.15) is 0 Å². The first kappa shape index (κ1) is 14.5. The minimum atomic E-state index is -3.38. The molecule has 0 unspecified atom stereocenters. The van der Waals surface area contributed by atoms with E-state index in [1.165, 1.54) is 0 Å². The lowest BCUT2D eigenvalue weighted by atomic mass is 9.99. The maximum atomic E-state index is 12.3. The first-order chi connectivity index (χ1) is 9.00. The van der Waals surface area contributed by atoms with E-state index in [2.05, 4.69) is 10.0 Å². The molecule has 5 heteroatoms. The first-order valence-electron chi connectivity index (χ1n) is 6.77. The Morgan fingerprint density at radius 3 is 2.63 bits per heavy atom.